The summed E-state index contributed by atoms with van der Waals surface area (Å²) in [6.45, 7) is 12.7. The van der Waals surface area contributed by atoms with Crippen molar-refractivity contribution < 1.29 is 15.7 Å². The van der Waals surface area contributed by atoms with Gasteiger partial charge in [-0.2, -0.15) is 0 Å². The van der Waals surface area contributed by atoms with Crippen molar-refractivity contribution >= 4 is 31.1 Å². The number of carbonyl (C=O) groups excluding carboxylic acids is 2. The van der Waals surface area contributed by atoms with Crippen LogP contribution in [0.1, 0.15) is 119 Å². The van der Waals surface area contributed by atoms with E-state index in [1.165, 1.54) is 0 Å². The summed E-state index contributed by atoms with van der Waals surface area (Å²) in [6, 6.07) is 0. The van der Waals surface area contributed by atoms with Gasteiger partial charge >= 0.3 is 186 Å². The fourth-order valence-corrected chi connectivity index (χ4v) is 13.8. The molecule has 0 bridgehead atoms. The monoisotopic (exact) mass is 520 g/mol. The molecule has 0 aliphatic heterocycles. The minimum absolute atomic E-state index is 0.0601. The van der Waals surface area contributed by atoms with Crippen molar-refractivity contribution in [1.29, 1.82) is 0 Å². The standard InChI is InChI=1S/2C8H16O2.2C4H9.Sn/c2*1-3-5-6-7(4-2)8(9)10;2*1-3-4-2;/h2*7H,3-6H2,1-2H3,(H,9,10);2*1,3-4H2,2H3;/q;;;;+2/p-2/t2*7-;;;/m00.../s1. The van der Waals surface area contributed by atoms with Crippen molar-refractivity contribution in [1.82, 2.24) is 0 Å². The van der Waals surface area contributed by atoms with Crippen LogP contribution in [0.3, 0.4) is 0 Å². The van der Waals surface area contributed by atoms with Crippen molar-refractivity contribution in [2.45, 2.75) is 127 Å². The molecule has 0 heterocycles. The summed E-state index contributed by atoms with van der Waals surface area (Å²) in [6.07, 6.45) is 11.6. The molecule has 0 amide bonds. The summed E-state index contributed by atoms with van der Waals surface area (Å²) < 4.78 is 14.2. The normalized spacial score (nSPS) is 13.7. The van der Waals surface area contributed by atoms with Crippen LogP contribution in [0, 0.1) is 11.8 Å². The summed E-state index contributed by atoms with van der Waals surface area (Å²) in [4.78, 5) is 26.1. The molecule has 0 aromatic carbocycles. The van der Waals surface area contributed by atoms with Gasteiger partial charge in [-0.05, 0) is 0 Å². The van der Waals surface area contributed by atoms with E-state index in [-0.39, 0.29) is 23.8 Å². The van der Waals surface area contributed by atoms with Gasteiger partial charge in [-0.1, -0.05) is 0 Å². The predicted octanol–water partition coefficient (Wildman–Crippen LogP) is 7.55. The number of hydrogen-bond donors (Lipinski definition) is 0. The summed E-state index contributed by atoms with van der Waals surface area (Å²) in [5.41, 5.74) is 0. The van der Waals surface area contributed by atoms with E-state index in [2.05, 4.69) is 41.5 Å². The second-order valence-corrected chi connectivity index (χ2v) is 17.7. The van der Waals surface area contributed by atoms with Crippen molar-refractivity contribution in [3.8, 4) is 0 Å². The van der Waals surface area contributed by atoms with Crippen LogP contribution in [0.2, 0.25) is 8.87 Å². The first kappa shape index (κ1) is 28.7. The summed E-state index contributed by atoms with van der Waals surface area (Å²) in [7, 11) is 0. The fraction of sp³-hybridized carbons (Fsp3) is 0.917. The number of carbonyl (C=O) groups is 2. The van der Waals surface area contributed by atoms with Crippen molar-refractivity contribution in [2.24, 2.45) is 11.8 Å². The molecule has 0 fully saturated rings. The first-order chi connectivity index (χ1) is 13.9. The van der Waals surface area contributed by atoms with Crippen LogP contribution in [0.5, 0.6) is 0 Å². The van der Waals surface area contributed by atoms with Gasteiger partial charge < -0.3 is 0 Å². The van der Waals surface area contributed by atoms with Gasteiger partial charge in [0.05, 0.1) is 0 Å². The van der Waals surface area contributed by atoms with Crippen LogP contribution in [-0.2, 0) is 15.7 Å². The Kier molecular flexibility index (Phi) is 17.3. The molecule has 0 radical (unpaired) electrons. The molecule has 0 aromatic heterocycles. The third kappa shape index (κ3) is 11.6. The molecule has 0 unspecified atom stereocenters. The number of hydrogen-bond acceptors (Lipinski definition) is 4. The zero-order chi connectivity index (χ0) is 22.1. The zero-order valence-electron chi connectivity index (χ0n) is 20.2. The van der Waals surface area contributed by atoms with Gasteiger partial charge in [0.1, 0.15) is 0 Å². The Labute approximate surface area is 185 Å². The van der Waals surface area contributed by atoms with Crippen LogP contribution < -0.4 is 0 Å². The molecule has 0 spiro atoms. The number of rotatable bonds is 18. The van der Waals surface area contributed by atoms with Gasteiger partial charge in [-0.3, -0.25) is 0 Å². The second-order valence-electron chi connectivity index (χ2n) is 8.45. The van der Waals surface area contributed by atoms with Crippen LogP contribution in [-0.4, -0.2) is 31.1 Å². The molecule has 2 atom stereocenters. The molecule has 29 heavy (non-hydrogen) atoms. The van der Waals surface area contributed by atoms with E-state index in [9.17, 15) is 9.59 Å². The molecular formula is C24H48O4Sn. The van der Waals surface area contributed by atoms with Gasteiger partial charge in [-0.25, -0.2) is 0 Å². The van der Waals surface area contributed by atoms with E-state index < -0.39 is 19.2 Å². The molecular weight excluding hydrogens is 471 g/mol. The van der Waals surface area contributed by atoms with Gasteiger partial charge in [0, 0.05) is 0 Å². The fourth-order valence-electron chi connectivity index (χ4n) is 3.65. The molecule has 0 rings (SSSR count). The van der Waals surface area contributed by atoms with E-state index in [4.69, 9.17) is 6.15 Å². The second kappa shape index (κ2) is 17.4. The molecule has 0 saturated heterocycles. The first-order valence-electron chi connectivity index (χ1n) is 12.4. The van der Waals surface area contributed by atoms with Gasteiger partial charge in [0.15, 0.2) is 0 Å². The molecule has 0 aromatic rings. The third-order valence-electron chi connectivity index (χ3n) is 5.86. The molecule has 172 valence electrons. The topological polar surface area (TPSA) is 52.6 Å². The van der Waals surface area contributed by atoms with Crippen molar-refractivity contribution in [3.05, 3.63) is 0 Å². The van der Waals surface area contributed by atoms with E-state index in [1.807, 2.05) is 0 Å². The third-order valence-corrected chi connectivity index (χ3v) is 15.5. The average molecular weight is 519 g/mol. The van der Waals surface area contributed by atoms with Crippen LogP contribution in [0.4, 0.5) is 0 Å². The Morgan fingerprint density at radius 3 is 1.24 bits per heavy atom. The van der Waals surface area contributed by atoms with Crippen LogP contribution >= 0.6 is 0 Å². The Morgan fingerprint density at radius 1 is 0.621 bits per heavy atom. The van der Waals surface area contributed by atoms with Gasteiger partial charge in [0.25, 0.3) is 0 Å². The average Bonchev–Trinajstić information content (AvgIpc) is 2.71. The van der Waals surface area contributed by atoms with Crippen LogP contribution in [0.15, 0.2) is 0 Å². The van der Waals surface area contributed by atoms with E-state index >= 15 is 0 Å². The van der Waals surface area contributed by atoms with Gasteiger partial charge in [0.2, 0.25) is 0 Å². The van der Waals surface area contributed by atoms with E-state index in [0.717, 1.165) is 85.9 Å². The van der Waals surface area contributed by atoms with E-state index in [1.54, 1.807) is 0 Å². The van der Waals surface area contributed by atoms with Gasteiger partial charge in [-0.15, -0.1) is 0 Å². The first-order valence-corrected chi connectivity index (χ1v) is 18.8. The van der Waals surface area contributed by atoms with Crippen molar-refractivity contribution in [2.75, 3.05) is 0 Å². The molecule has 0 saturated carbocycles. The Bertz CT molecular complexity index is 399. The molecule has 0 aliphatic carbocycles. The molecule has 5 heteroatoms. The predicted molar refractivity (Wildman–Crippen MR) is 124 cm³/mol. The Morgan fingerprint density at radius 2 is 0.966 bits per heavy atom. The summed E-state index contributed by atoms with van der Waals surface area (Å²) in [5.74, 6) is -0.318. The van der Waals surface area contributed by atoms with Crippen LogP contribution in [0.25, 0.3) is 0 Å². The SMILES string of the molecule is CCCC[C@H](CC)C(=O)[O][Sn]([CH2]CCC)([CH2]CCC)[O]C(=O)[C@@H](CC)CCCC. The Hall–Kier alpha value is -0.261. The van der Waals surface area contributed by atoms with Crippen molar-refractivity contribution in [3.63, 3.8) is 0 Å². The number of unbranched alkanes of at least 4 members (excludes halogenated alkanes) is 4. The maximum atomic E-state index is 13.1. The van der Waals surface area contributed by atoms with E-state index in [0.29, 0.717) is 0 Å². The Balaban J connectivity index is 5.53. The zero-order valence-corrected chi connectivity index (χ0v) is 23.0. The summed E-state index contributed by atoms with van der Waals surface area (Å²) in [5, 5.41) is 0. The quantitative estimate of drug-likeness (QED) is 0.176. The molecule has 0 N–H and O–H groups in total. The molecule has 4 nitrogen and oxygen atoms in total. The summed E-state index contributed by atoms with van der Waals surface area (Å²) >= 11 is -3.82. The maximum absolute atomic E-state index is 13.1. The minimum atomic E-state index is -3.82. The molecule has 0 aliphatic rings.